The molecule has 1 atom stereocenters. The van der Waals surface area contributed by atoms with Gasteiger partial charge in [-0.15, -0.1) is 0 Å². The molecule has 0 bridgehead atoms. The molecule has 110 valence electrons. The number of rotatable bonds is 5. The quantitative estimate of drug-likeness (QED) is 0.899. The molecule has 2 aromatic rings. The van der Waals surface area contributed by atoms with Crippen LogP contribution in [0.2, 0.25) is 0 Å². The van der Waals surface area contributed by atoms with E-state index in [1.54, 1.807) is 6.07 Å². The smallest absolute Gasteiger partial charge is 0.201 e. The topological polar surface area (TPSA) is 53.1 Å². The maximum Gasteiger partial charge on any atom is 0.201 e. The second-order valence-corrected chi connectivity index (χ2v) is 5.92. The average Bonchev–Trinajstić information content (AvgIpc) is 2.67. The lowest BCUT2D eigenvalue weighted by molar-refractivity contribution is 0.0987. The van der Waals surface area contributed by atoms with Crippen LogP contribution in [0.25, 0.3) is 11.0 Å². The Bertz CT molecular complexity index is 612. The van der Waals surface area contributed by atoms with Gasteiger partial charge in [0.15, 0.2) is 0 Å². The molecule has 6 heteroatoms. The van der Waals surface area contributed by atoms with Gasteiger partial charge in [0.1, 0.15) is 5.82 Å². The monoisotopic (exact) mass is 343 g/mol. The zero-order valence-electron chi connectivity index (χ0n) is 11.9. The number of aromatic nitrogens is 2. The summed E-state index contributed by atoms with van der Waals surface area (Å²) >= 11 is 3.21. The summed E-state index contributed by atoms with van der Waals surface area (Å²) in [6, 6.07) is 3.18. The van der Waals surface area contributed by atoms with Crippen LogP contribution in [0.15, 0.2) is 16.6 Å². The first-order valence-corrected chi connectivity index (χ1v) is 7.45. The van der Waals surface area contributed by atoms with Gasteiger partial charge >= 0.3 is 0 Å². The van der Waals surface area contributed by atoms with Gasteiger partial charge in [-0.25, -0.2) is 9.37 Å². The Labute approximate surface area is 126 Å². The van der Waals surface area contributed by atoms with Crippen molar-refractivity contribution in [3.63, 3.8) is 0 Å². The second kappa shape index (κ2) is 6.10. The standard InChI is InChI=1S/C14H19BrFN3O/c1-4-20-7-13(8(2)3)19-12-5-9(15)10(16)6-11(12)18-14(19)17/h5-6,8,13H,4,7H2,1-3H3,(H2,17,18). The summed E-state index contributed by atoms with van der Waals surface area (Å²) in [6.45, 7) is 7.37. The second-order valence-electron chi connectivity index (χ2n) is 5.07. The third kappa shape index (κ3) is 2.81. The lowest BCUT2D eigenvalue weighted by Gasteiger charge is -2.24. The number of benzene rings is 1. The Balaban J connectivity index is 2.56. The molecule has 0 aliphatic carbocycles. The van der Waals surface area contributed by atoms with Gasteiger partial charge in [0, 0.05) is 12.7 Å². The fourth-order valence-corrected chi connectivity index (χ4v) is 2.59. The molecule has 0 spiro atoms. The van der Waals surface area contributed by atoms with E-state index in [2.05, 4.69) is 34.8 Å². The minimum atomic E-state index is -0.340. The van der Waals surface area contributed by atoms with Crippen molar-refractivity contribution in [2.24, 2.45) is 5.92 Å². The number of nitrogen functional groups attached to an aromatic ring is 1. The van der Waals surface area contributed by atoms with E-state index in [0.717, 1.165) is 5.52 Å². The predicted molar refractivity (Wildman–Crippen MR) is 82.2 cm³/mol. The molecule has 2 rings (SSSR count). The Morgan fingerprint density at radius 1 is 1.45 bits per heavy atom. The van der Waals surface area contributed by atoms with Crippen LogP contribution in [0.5, 0.6) is 0 Å². The van der Waals surface area contributed by atoms with Gasteiger partial charge in [0.05, 0.1) is 28.2 Å². The lowest BCUT2D eigenvalue weighted by Crippen LogP contribution is -2.22. The summed E-state index contributed by atoms with van der Waals surface area (Å²) in [5.41, 5.74) is 7.40. The number of nitrogens with two attached hydrogens (primary N) is 1. The number of fused-ring (bicyclic) bond motifs is 1. The molecular formula is C14H19BrFN3O. The summed E-state index contributed by atoms with van der Waals surface area (Å²) in [5.74, 6) is 0.369. The Kier molecular flexibility index (Phi) is 4.65. The summed E-state index contributed by atoms with van der Waals surface area (Å²) in [7, 11) is 0. The van der Waals surface area contributed by atoms with Gasteiger partial charge in [0.2, 0.25) is 5.95 Å². The van der Waals surface area contributed by atoms with Crippen LogP contribution in [-0.2, 0) is 4.74 Å². The highest BCUT2D eigenvalue weighted by Crippen LogP contribution is 2.30. The number of hydrogen-bond donors (Lipinski definition) is 1. The first-order valence-electron chi connectivity index (χ1n) is 6.65. The minimum absolute atomic E-state index is 0.0670. The number of hydrogen-bond acceptors (Lipinski definition) is 3. The molecule has 0 amide bonds. The average molecular weight is 344 g/mol. The molecule has 0 aliphatic heterocycles. The van der Waals surface area contributed by atoms with Gasteiger partial charge in [-0.05, 0) is 34.8 Å². The van der Waals surface area contributed by atoms with E-state index in [4.69, 9.17) is 10.5 Å². The zero-order valence-corrected chi connectivity index (χ0v) is 13.4. The van der Waals surface area contributed by atoms with Crippen molar-refractivity contribution in [2.45, 2.75) is 26.8 Å². The molecule has 1 aromatic carbocycles. The van der Waals surface area contributed by atoms with Crippen LogP contribution < -0.4 is 5.73 Å². The molecule has 0 radical (unpaired) electrons. The molecule has 4 nitrogen and oxygen atoms in total. The molecule has 0 saturated carbocycles. The van der Waals surface area contributed by atoms with Gasteiger partial charge in [-0.2, -0.15) is 0 Å². The van der Waals surface area contributed by atoms with E-state index in [0.29, 0.717) is 35.1 Å². The van der Waals surface area contributed by atoms with Gasteiger partial charge in [0.25, 0.3) is 0 Å². The third-order valence-corrected chi connectivity index (χ3v) is 3.96. The molecule has 1 unspecified atom stereocenters. The predicted octanol–water partition coefficient (Wildman–Crippen LogP) is 3.75. The van der Waals surface area contributed by atoms with E-state index in [-0.39, 0.29) is 11.9 Å². The van der Waals surface area contributed by atoms with Crippen LogP contribution in [0.1, 0.15) is 26.8 Å². The van der Waals surface area contributed by atoms with Gasteiger partial charge in [-0.1, -0.05) is 13.8 Å². The Hall–Kier alpha value is -1.14. The number of nitrogens with zero attached hydrogens (tertiary/aromatic N) is 2. The van der Waals surface area contributed by atoms with E-state index in [1.807, 2.05) is 11.5 Å². The fourth-order valence-electron chi connectivity index (χ4n) is 2.26. The molecule has 20 heavy (non-hydrogen) atoms. The van der Waals surface area contributed by atoms with Crippen LogP contribution in [0.3, 0.4) is 0 Å². The number of ether oxygens (including phenoxy) is 1. The fraction of sp³-hybridized carbons (Fsp3) is 0.500. The highest BCUT2D eigenvalue weighted by molar-refractivity contribution is 9.10. The van der Waals surface area contributed by atoms with Crippen molar-refractivity contribution >= 4 is 32.9 Å². The summed E-state index contributed by atoms with van der Waals surface area (Å²) in [4.78, 5) is 4.25. The van der Waals surface area contributed by atoms with Gasteiger partial charge < -0.3 is 15.0 Å². The molecule has 0 saturated heterocycles. The lowest BCUT2D eigenvalue weighted by atomic mass is 10.0. The zero-order chi connectivity index (χ0) is 14.9. The summed E-state index contributed by atoms with van der Waals surface area (Å²) < 4.78 is 21.5. The Morgan fingerprint density at radius 2 is 2.15 bits per heavy atom. The third-order valence-electron chi connectivity index (χ3n) is 3.35. The van der Waals surface area contributed by atoms with E-state index in [1.165, 1.54) is 6.07 Å². The summed E-state index contributed by atoms with van der Waals surface area (Å²) in [5, 5.41) is 0. The first-order chi connectivity index (χ1) is 9.45. The van der Waals surface area contributed by atoms with E-state index in [9.17, 15) is 4.39 Å². The van der Waals surface area contributed by atoms with Crippen LogP contribution >= 0.6 is 15.9 Å². The van der Waals surface area contributed by atoms with Crippen LogP contribution in [0.4, 0.5) is 10.3 Å². The first kappa shape index (κ1) is 15.3. The Morgan fingerprint density at radius 3 is 2.75 bits per heavy atom. The van der Waals surface area contributed by atoms with Crippen molar-refractivity contribution in [1.29, 1.82) is 0 Å². The maximum atomic E-state index is 13.6. The molecule has 1 heterocycles. The summed E-state index contributed by atoms with van der Waals surface area (Å²) in [6.07, 6.45) is 0. The van der Waals surface area contributed by atoms with Crippen molar-refractivity contribution in [3.05, 3.63) is 22.4 Å². The van der Waals surface area contributed by atoms with Crippen molar-refractivity contribution in [2.75, 3.05) is 18.9 Å². The van der Waals surface area contributed by atoms with Crippen LogP contribution in [0, 0.1) is 11.7 Å². The van der Waals surface area contributed by atoms with Crippen molar-refractivity contribution in [3.8, 4) is 0 Å². The number of imidazole rings is 1. The molecule has 0 aliphatic rings. The number of anilines is 1. The van der Waals surface area contributed by atoms with Crippen LogP contribution in [-0.4, -0.2) is 22.8 Å². The molecule has 1 aromatic heterocycles. The highest BCUT2D eigenvalue weighted by atomic mass is 79.9. The maximum absolute atomic E-state index is 13.6. The number of halogens is 2. The molecule has 0 fully saturated rings. The SMILES string of the molecule is CCOCC(C(C)C)n1c(N)nc2cc(F)c(Br)cc21. The highest BCUT2D eigenvalue weighted by Gasteiger charge is 2.22. The van der Waals surface area contributed by atoms with E-state index < -0.39 is 0 Å². The molecule has 2 N–H and O–H groups in total. The normalized spacial score (nSPS) is 13.3. The minimum Gasteiger partial charge on any atom is -0.380 e. The largest absolute Gasteiger partial charge is 0.380 e. The van der Waals surface area contributed by atoms with E-state index >= 15 is 0 Å². The molecular weight excluding hydrogens is 325 g/mol. The van der Waals surface area contributed by atoms with Crippen molar-refractivity contribution in [1.82, 2.24) is 9.55 Å². The van der Waals surface area contributed by atoms with Gasteiger partial charge in [-0.3, -0.25) is 0 Å². The van der Waals surface area contributed by atoms with Crippen molar-refractivity contribution < 1.29 is 9.13 Å².